The van der Waals surface area contributed by atoms with E-state index in [1.807, 2.05) is 34.7 Å². The highest BCUT2D eigenvalue weighted by Gasteiger charge is 2.25. The Morgan fingerprint density at radius 2 is 2.00 bits per heavy atom. The molecule has 3 aromatic heterocycles. The Bertz CT molecular complexity index is 1030. The smallest absolute Gasteiger partial charge is 0.276 e. The van der Waals surface area contributed by atoms with Crippen molar-refractivity contribution >= 4 is 5.91 Å². The minimum atomic E-state index is -0.114. The lowest BCUT2D eigenvalue weighted by atomic mass is 10.2. The molecule has 0 saturated carbocycles. The van der Waals surface area contributed by atoms with Gasteiger partial charge in [-0.25, -0.2) is 0 Å². The van der Waals surface area contributed by atoms with Gasteiger partial charge in [-0.3, -0.25) is 14.4 Å². The zero-order valence-electron chi connectivity index (χ0n) is 17.0. The van der Waals surface area contributed by atoms with Crippen molar-refractivity contribution in [2.75, 3.05) is 32.8 Å². The van der Waals surface area contributed by atoms with Crippen LogP contribution in [0, 0.1) is 6.92 Å². The van der Waals surface area contributed by atoms with Gasteiger partial charge < -0.3 is 18.6 Å². The van der Waals surface area contributed by atoms with Crippen molar-refractivity contribution in [2.24, 2.45) is 0 Å². The molecule has 1 fully saturated rings. The number of aromatic nitrogens is 3. The van der Waals surface area contributed by atoms with E-state index in [9.17, 15) is 4.79 Å². The third-order valence-corrected chi connectivity index (χ3v) is 5.56. The van der Waals surface area contributed by atoms with Crippen LogP contribution in [0.5, 0.6) is 0 Å². The molecule has 2 aliphatic rings. The first-order valence-electron chi connectivity index (χ1n) is 10.3. The van der Waals surface area contributed by atoms with Crippen LogP contribution in [0.15, 0.2) is 33.2 Å². The van der Waals surface area contributed by atoms with Crippen LogP contribution in [0.4, 0.5) is 0 Å². The number of fused-ring (bicyclic) bond motifs is 1. The van der Waals surface area contributed by atoms with E-state index >= 15 is 0 Å². The van der Waals surface area contributed by atoms with E-state index in [2.05, 4.69) is 15.2 Å². The summed E-state index contributed by atoms with van der Waals surface area (Å²) in [5.74, 6) is 2.19. The minimum Gasteiger partial charge on any atom is -0.460 e. The summed E-state index contributed by atoms with van der Waals surface area (Å²) in [6.07, 6.45) is 0.829. The quantitative estimate of drug-likeness (QED) is 0.651. The average Bonchev–Trinajstić information content (AvgIpc) is 3.46. The van der Waals surface area contributed by atoms with Gasteiger partial charge in [0.2, 0.25) is 0 Å². The number of nitrogens with zero attached hydrogens (tertiary/aromatic N) is 5. The molecule has 0 aromatic carbocycles. The van der Waals surface area contributed by atoms with Crippen molar-refractivity contribution < 1.29 is 18.5 Å². The second-order valence-electron chi connectivity index (χ2n) is 7.80. The van der Waals surface area contributed by atoms with E-state index in [4.69, 9.17) is 13.7 Å². The number of carbonyl (C=O) groups is 1. The molecule has 3 aromatic rings. The van der Waals surface area contributed by atoms with E-state index in [1.165, 1.54) is 0 Å². The lowest BCUT2D eigenvalue weighted by Crippen LogP contribution is -2.35. The molecule has 0 unspecified atom stereocenters. The number of aryl methyl sites for hydroxylation is 2. The summed E-state index contributed by atoms with van der Waals surface area (Å²) in [6, 6.07) is 7.61. The van der Waals surface area contributed by atoms with E-state index in [0.717, 1.165) is 62.2 Å². The zero-order valence-corrected chi connectivity index (χ0v) is 17.0. The van der Waals surface area contributed by atoms with Gasteiger partial charge in [-0.15, -0.1) is 0 Å². The maximum atomic E-state index is 13.1. The number of rotatable bonds is 4. The van der Waals surface area contributed by atoms with Crippen molar-refractivity contribution in [3.8, 4) is 11.5 Å². The van der Waals surface area contributed by atoms with Crippen LogP contribution in [-0.4, -0.2) is 63.5 Å². The molecule has 2 aliphatic heterocycles. The Hall–Kier alpha value is -2.91. The van der Waals surface area contributed by atoms with Gasteiger partial charge in [-0.2, -0.15) is 5.10 Å². The van der Waals surface area contributed by atoms with Gasteiger partial charge in [-0.1, -0.05) is 5.16 Å². The Kier molecular flexibility index (Phi) is 5.14. The maximum absolute atomic E-state index is 13.1. The summed E-state index contributed by atoms with van der Waals surface area (Å²) in [6.45, 7) is 7.62. The van der Waals surface area contributed by atoms with Crippen LogP contribution < -0.4 is 0 Å². The first kappa shape index (κ1) is 19.1. The van der Waals surface area contributed by atoms with Crippen LogP contribution in [0.25, 0.3) is 11.5 Å². The first-order valence-corrected chi connectivity index (χ1v) is 10.3. The van der Waals surface area contributed by atoms with E-state index in [-0.39, 0.29) is 5.91 Å². The Labute approximate surface area is 174 Å². The van der Waals surface area contributed by atoms with Crippen molar-refractivity contribution in [1.29, 1.82) is 0 Å². The molecule has 1 saturated heterocycles. The molecule has 5 rings (SSSR count). The molecule has 0 radical (unpaired) electrons. The van der Waals surface area contributed by atoms with Crippen LogP contribution in [-0.2, 0) is 24.4 Å². The normalized spacial score (nSPS) is 17.7. The van der Waals surface area contributed by atoms with E-state index in [0.29, 0.717) is 31.1 Å². The fraction of sp³-hybridized carbons (Fsp3) is 0.476. The summed E-state index contributed by atoms with van der Waals surface area (Å²) in [5.41, 5.74) is 2.14. The van der Waals surface area contributed by atoms with Crippen LogP contribution in [0.3, 0.4) is 0 Å². The van der Waals surface area contributed by atoms with Crippen LogP contribution in [0.1, 0.15) is 34.1 Å². The fourth-order valence-corrected chi connectivity index (χ4v) is 3.96. The van der Waals surface area contributed by atoms with Crippen molar-refractivity contribution in [3.05, 3.63) is 47.2 Å². The number of hydrogen-bond acceptors (Lipinski definition) is 7. The lowest BCUT2D eigenvalue weighted by molar-refractivity contribution is 0.0305. The Balaban J connectivity index is 1.29. The largest absolute Gasteiger partial charge is 0.460 e. The second-order valence-corrected chi connectivity index (χ2v) is 7.80. The summed E-state index contributed by atoms with van der Waals surface area (Å²) < 4.78 is 18.5. The van der Waals surface area contributed by atoms with Gasteiger partial charge in [0, 0.05) is 32.2 Å². The molecular weight excluding hydrogens is 386 g/mol. The molecular formula is C21H25N5O4. The number of ether oxygens (including phenoxy) is 1. The highest BCUT2D eigenvalue weighted by Crippen LogP contribution is 2.24. The number of furan rings is 1. The summed E-state index contributed by atoms with van der Waals surface area (Å²) >= 11 is 0. The molecule has 1 amide bonds. The molecule has 9 nitrogen and oxygen atoms in total. The first-order chi connectivity index (χ1) is 14.7. The lowest BCUT2D eigenvalue weighted by Gasteiger charge is -2.25. The van der Waals surface area contributed by atoms with Crippen LogP contribution in [0.2, 0.25) is 0 Å². The molecule has 9 heteroatoms. The second kappa shape index (κ2) is 8.08. The summed E-state index contributed by atoms with van der Waals surface area (Å²) in [7, 11) is 0. The van der Waals surface area contributed by atoms with E-state index in [1.54, 1.807) is 6.07 Å². The van der Waals surface area contributed by atoms with Gasteiger partial charge >= 0.3 is 0 Å². The number of carbonyl (C=O) groups excluding carboxylic acids is 1. The molecule has 0 bridgehead atoms. The SMILES string of the molecule is Cc1ccc(-c2cc3n(n2)CCCN(C(=O)c2cc(CN4CCOCC4)on2)C3)o1. The standard InChI is InChI=1S/C21H25N5O4/c1-15-3-4-20(29-15)18-11-16-13-25(5-2-6-26(16)22-18)21(27)19-12-17(30-23-19)14-24-7-9-28-10-8-24/h3-4,11-12H,2,5-10,13-14H2,1H3. The van der Waals surface area contributed by atoms with Gasteiger partial charge in [0.15, 0.2) is 17.2 Å². The molecule has 0 atom stereocenters. The third kappa shape index (κ3) is 3.90. The molecule has 0 N–H and O–H groups in total. The zero-order chi connectivity index (χ0) is 20.5. The average molecular weight is 411 g/mol. The Morgan fingerprint density at radius 1 is 1.13 bits per heavy atom. The minimum absolute atomic E-state index is 0.114. The number of morpholine rings is 1. The van der Waals surface area contributed by atoms with Gasteiger partial charge in [-0.05, 0) is 31.5 Å². The summed E-state index contributed by atoms with van der Waals surface area (Å²) in [5, 5.41) is 8.70. The Morgan fingerprint density at radius 3 is 2.80 bits per heavy atom. The predicted molar refractivity (Wildman–Crippen MR) is 107 cm³/mol. The van der Waals surface area contributed by atoms with E-state index < -0.39 is 0 Å². The van der Waals surface area contributed by atoms with Crippen molar-refractivity contribution in [3.63, 3.8) is 0 Å². The van der Waals surface area contributed by atoms with Crippen molar-refractivity contribution in [1.82, 2.24) is 24.7 Å². The molecule has 0 aliphatic carbocycles. The fourth-order valence-electron chi connectivity index (χ4n) is 3.96. The molecule has 0 spiro atoms. The number of hydrogen-bond donors (Lipinski definition) is 0. The maximum Gasteiger partial charge on any atom is 0.276 e. The molecule has 5 heterocycles. The third-order valence-electron chi connectivity index (χ3n) is 5.56. The monoisotopic (exact) mass is 411 g/mol. The van der Waals surface area contributed by atoms with Crippen molar-refractivity contribution in [2.45, 2.75) is 33.0 Å². The van der Waals surface area contributed by atoms with Crippen LogP contribution >= 0.6 is 0 Å². The number of amides is 1. The molecule has 158 valence electrons. The van der Waals surface area contributed by atoms with Gasteiger partial charge in [0.1, 0.15) is 11.5 Å². The summed E-state index contributed by atoms with van der Waals surface area (Å²) in [4.78, 5) is 17.1. The topological polar surface area (TPSA) is 89.8 Å². The van der Waals surface area contributed by atoms with Gasteiger partial charge in [0.25, 0.3) is 5.91 Å². The molecule has 30 heavy (non-hydrogen) atoms. The predicted octanol–water partition coefficient (Wildman–Crippen LogP) is 2.32. The highest BCUT2D eigenvalue weighted by molar-refractivity contribution is 5.92. The van der Waals surface area contributed by atoms with Gasteiger partial charge in [0.05, 0.1) is 32.0 Å². The highest BCUT2D eigenvalue weighted by atomic mass is 16.5.